The number of ether oxygens (including phenoxy) is 2. The van der Waals surface area contributed by atoms with Crippen LogP contribution in [0, 0.1) is 17.2 Å². The fourth-order valence-electron chi connectivity index (χ4n) is 3.35. The SMILES string of the molecule is CC(OC(=O)Nc1c(C#N)noc1-c1ccc(OC(CC2CC2)C(=O)O)nc1)c1ccccc1. The number of hydrogen-bond donors (Lipinski definition) is 2. The molecule has 174 valence electrons. The standard InChI is InChI=1S/C24H22N4O6/c1-14(16-5-3-2-4-6-16)32-24(31)27-21-18(12-25)28-34-22(21)17-9-10-20(26-13-17)33-19(23(29)30)11-15-7-8-15/h2-6,9-10,13-15,19H,7-8,11H2,1H3,(H,27,31)(H,29,30). The van der Waals surface area contributed by atoms with E-state index in [0.29, 0.717) is 17.9 Å². The molecule has 0 saturated heterocycles. The van der Waals surface area contributed by atoms with Crippen LogP contribution < -0.4 is 10.1 Å². The summed E-state index contributed by atoms with van der Waals surface area (Å²) >= 11 is 0. The molecule has 1 aromatic carbocycles. The maximum Gasteiger partial charge on any atom is 0.412 e. The highest BCUT2D eigenvalue weighted by Crippen LogP contribution is 2.35. The summed E-state index contributed by atoms with van der Waals surface area (Å²) in [6, 6.07) is 14.1. The van der Waals surface area contributed by atoms with E-state index in [0.717, 1.165) is 18.4 Å². The van der Waals surface area contributed by atoms with Gasteiger partial charge >= 0.3 is 12.1 Å². The van der Waals surface area contributed by atoms with Gasteiger partial charge in [0.1, 0.15) is 17.9 Å². The Hall–Kier alpha value is -4.39. The van der Waals surface area contributed by atoms with Gasteiger partial charge in [0.15, 0.2) is 11.9 Å². The highest BCUT2D eigenvalue weighted by atomic mass is 16.6. The number of anilines is 1. The molecule has 2 heterocycles. The summed E-state index contributed by atoms with van der Waals surface area (Å²) in [7, 11) is 0. The monoisotopic (exact) mass is 462 g/mol. The van der Waals surface area contributed by atoms with Crippen molar-refractivity contribution in [3.63, 3.8) is 0 Å². The van der Waals surface area contributed by atoms with E-state index in [4.69, 9.17) is 14.0 Å². The predicted molar refractivity (Wildman–Crippen MR) is 119 cm³/mol. The number of nitriles is 1. The van der Waals surface area contributed by atoms with E-state index in [2.05, 4.69) is 15.5 Å². The van der Waals surface area contributed by atoms with Crippen molar-refractivity contribution in [2.45, 2.75) is 38.4 Å². The number of hydrogen-bond acceptors (Lipinski definition) is 8. The zero-order valence-corrected chi connectivity index (χ0v) is 18.3. The summed E-state index contributed by atoms with van der Waals surface area (Å²) < 4.78 is 16.2. The Kier molecular flexibility index (Phi) is 6.73. The summed E-state index contributed by atoms with van der Waals surface area (Å²) in [5.41, 5.74) is 1.13. The zero-order chi connectivity index (χ0) is 24.1. The average Bonchev–Trinajstić information content (AvgIpc) is 3.57. The lowest BCUT2D eigenvalue weighted by Gasteiger charge is -2.14. The molecule has 0 radical (unpaired) electrons. The van der Waals surface area contributed by atoms with Crippen LogP contribution in [0.5, 0.6) is 5.88 Å². The first kappa shape index (κ1) is 22.8. The lowest BCUT2D eigenvalue weighted by Crippen LogP contribution is -2.27. The van der Waals surface area contributed by atoms with Gasteiger partial charge in [0.25, 0.3) is 0 Å². The topological polar surface area (TPSA) is 148 Å². The van der Waals surface area contributed by atoms with Crippen LogP contribution in [0.25, 0.3) is 11.3 Å². The molecule has 1 amide bonds. The highest BCUT2D eigenvalue weighted by Gasteiger charge is 2.31. The Bertz CT molecular complexity index is 1200. The van der Waals surface area contributed by atoms with E-state index in [1.165, 1.54) is 12.3 Å². The van der Waals surface area contributed by atoms with Gasteiger partial charge in [-0.25, -0.2) is 14.6 Å². The fourth-order valence-corrected chi connectivity index (χ4v) is 3.35. The molecule has 2 unspecified atom stereocenters. The van der Waals surface area contributed by atoms with Crippen molar-refractivity contribution < 1.29 is 28.7 Å². The minimum absolute atomic E-state index is 0.0420. The molecule has 1 aliphatic carbocycles. The summed E-state index contributed by atoms with van der Waals surface area (Å²) in [6.45, 7) is 1.73. The number of nitrogens with one attached hydrogen (secondary N) is 1. The summed E-state index contributed by atoms with van der Waals surface area (Å²) in [6.07, 6.45) is 1.56. The third kappa shape index (κ3) is 5.50. The van der Waals surface area contributed by atoms with Crippen LogP contribution >= 0.6 is 0 Å². The van der Waals surface area contributed by atoms with E-state index in [-0.39, 0.29) is 23.0 Å². The Morgan fingerprint density at radius 1 is 1.26 bits per heavy atom. The van der Waals surface area contributed by atoms with Crippen LogP contribution in [0.1, 0.15) is 43.5 Å². The Morgan fingerprint density at radius 3 is 2.65 bits per heavy atom. The van der Waals surface area contributed by atoms with Crippen LogP contribution in [0.2, 0.25) is 0 Å². The van der Waals surface area contributed by atoms with Gasteiger partial charge < -0.3 is 19.1 Å². The maximum absolute atomic E-state index is 12.5. The molecular weight excluding hydrogens is 440 g/mol. The molecule has 3 aromatic rings. The Morgan fingerprint density at radius 2 is 2.03 bits per heavy atom. The van der Waals surface area contributed by atoms with Crippen LogP contribution in [0.3, 0.4) is 0 Å². The first-order valence-corrected chi connectivity index (χ1v) is 10.7. The first-order chi connectivity index (χ1) is 16.4. The van der Waals surface area contributed by atoms with Crippen molar-refractivity contribution in [1.29, 1.82) is 5.26 Å². The molecule has 1 fully saturated rings. The maximum atomic E-state index is 12.5. The molecule has 2 N–H and O–H groups in total. The predicted octanol–water partition coefficient (Wildman–Crippen LogP) is 4.55. The minimum atomic E-state index is -1.04. The van der Waals surface area contributed by atoms with Gasteiger partial charge in [-0.1, -0.05) is 48.3 Å². The second-order valence-corrected chi connectivity index (χ2v) is 7.94. The quantitative estimate of drug-likeness (QED) is 0.467. The lowest BCUT2D eigenvalue weighted by molar-refractivity contribution is -0.145. The third-order valence-corrected chi connectivity index (χ3v) is 5.36. The van der Waals surface area contributed by atoms with Gasteiger partial charge in [-0.15, -0.1) is 0 Å². The number of aromatic nitrogens is 2. The highest BCUT2D eigenvalue weighted by molar-refractivity contribution is 5.91. The van der Waals surface area contributed by atoms with Crippen molar-refractivity contribution in [2.24, 2.45) is 5.92 Å². The van der Waals surface area contributed by atoms with Crippen LogP contribution in [0.4, 0.5) is 10.5 Å². The number of pyridine rings is 1. The average molecular weight is 462 g/mol. The Labute approximate surface area is 195 Å². The number of amides is 1. The molecule has 0 aliphatic heterocycles. The largest absolute Gasteiger partial charge is 0.479 e. The normalized spacial score (nSPS) is 14.5. The van der Waals surface area contributed by atoms with E-state index in [1.807, 2.05) is 36.4 Å². The molecule has 1 aliphatic rings. The van der Waals surface area contributed by atoms with Crippen molar-refractivity contribution in [1.82, 2.24) is 10.1 Å². The molecule has 0 spiro atoms. The molecule has 34 heavy (non-hydrogen) atoms. The van der Waals surface area contributed by atoms with Crippen molar-refractivity contribution >= 4 is 17.7 Å². The summed E-state index contributed by atoms with van der Waals surface area (Å²) in [5.74, 6) is -0.423. The van der Waals surface area contributed by atoms with Gasteiger partial charge in [0, 0.05) is 17.8 Å². The number of carboxylic acid groups (broad SMARTS) is 1. The number of rotatable bonds is 9. The van der Waals surface area contributed by atoms with Gasteiger partial charge in [0.2, 0.25) is 11.6 Å². The number of carbonyl (C=O) groups excluding carboxylic acids is 1. The molecule has 10 nitrogen and oxygen atoms in total. The summed E-state index contributed by atoms with van der Waals surface area (Å²) in [4.78, 5) is 28.1. The van der Waals surface area contributed by atoms with Crippen LogP contribution in [-0.2, 0) is 9.53 Å². The number of carboxylic acids is 1. The fraction of sp³-hybridized carbons (Fsp3) is 0.292. The van der Waals surface area contributed by atoms with Gasteiger partial charge in [-0.05, 0) is 30.9 Å². The second-order valence-electron chi connectivity index (χ2n) is 7.94. The molecular formula is C24H22N4O6. The third-order valence-electron chi connectivity index (χ3n) is 5.36. The van der Waals surface area contributed by atoms with E-state index in [1.54, 1.807) is 13.0 Å². The van der Waals surface area contributed by atoms with Crippen molar-refractivity contribution in [3.05, 3.63) is 59.9 Å². The second kappa shape index (κ2) is 10.0. The number of benzene rings is 1. The van der Waals surface area contributed by atoms with E-state index in [9.17, 15) is 20.0 Å². The molecule has 2 atom stereocenters. The lowest BCUT2D eigenvalue weighted by atomic mass is 10.1. The van der Waals surface area contributed by atoms with E-state index >= 15 is 0 Å². The van der Waals surface area contributed by atoms with Gasteiger partial charge in [-0.2, -0.15) is 5.26 Å². The molecule has 4 rings (SSSR count). The molecule has 0 bridgehead atoms. The van der Waals surface area contributed by atoms with Crippen molar-refractivity contribution in [3.8, 4) is 23.3 Å². The smallest absolute Gasteiger partial charge is 0.412 e. The van der Waals surface area contributed by atoms with Gasteiger partial charge in [0.05, 0.1) is 0 Å². The number of carbonyl (C=O) groups is 2. The number of aliphatic carboxylic acids is 1. The molecule has 2 aromatic heterocycles. The minimum Gasteiger partial charge on any atom is -0.479 e. The van der Waals surface area contributed by atoms with Crippen molar-refractivity contribution in [2.75, 3.05) is 5.32 Å². The molecule has 10 heteroatoms. The molecule has 1 saturated carbocycles. The zero-order valence-electron chi connectivity index (χ0n) is 18.3. The number of nitrogens with zero attached hydrogens (tertiary/aromatic N) is 3. The Balaban J connectivity index is 1.47. The summed E-state index contributed by atoms with van der Waals surface area (Å²) in [5, 5.41) is 25.0. The van der Waals surface area contributed by atoms with Gasteiger partial charge in [-0.3, -0.25) is 5.32 Å². The van der Waals surface area contributed by atoms with E-state index < -0.39 is 24.3 Å². The van der Waals surface area contributed by atoms with Crippen LogP contribution in [-0.4, -0.2) is 33.4 Å². The van der Waals surface area contributed by atoms with Crippen LogP contribution in [0.15, 0.2) is 53.2 Å². The first-order valence-electron chi connectivity index (χ1n) is 10.7.